The summed E-state index contributed by atoms with van der Waals surface area (Å²) >= 11 is 0. The van der Waals surface area contributed by atoms with Gasteiger partial charge in [0.2, 0.25) is 0 Å². The first kappa shape index (κ1) is 11.5. The molecule has 3 aliphatic carbocycles. The molecule has 0 aromatic heterocycles. The lowest BCUT2D eigenvalue weighted by molar-refractivity contribution is 0.175. The molecule has 0 saturated heterocycles. The fraction of sp³-hybridized carbons (Fsp3) is 0.929. The Balaban J connectivity index is 1.64. The molecule has 3 saturated carbocycles. The predicted molar refractivity (Wildman–Crippen MR) is 67.5 cm³/mol. The van der Waals surface area contributed by atoms with E-state index in [0.717, 1.165) is 24.8 Å². The maximum absolute atomic E-state index is 9.33. The summed E-state index contributed by atoms with van der Waals surface area (Å²) < 4.78 is 0. The number of rotatable bonds is 5. The van der Waals surface area contributed by atoms with Gasteiger partial charge in [0.1, 0.15) is 5.54 Å². The molecule has 3 rings (SSSR count). The molecule has 0 spiro atoms. The Morgan fingerprint density at radius 2 is 2.00 bits per heavy atom. The van der Waals surface area contributed by atoms with Gasteiger partial charge in [-0.3, -0.25) is 4.90 Å². The second-order valence-corrected chi connectivity index (χ2v) is 6.21. The van der Waals surface area contributed by atoms with E-state index < -0.39 is 0 Å². The highest BCUT2D eigenvalue weighted by molar-refractivity contribution is 5.13. The number of nitrogens with zero attached hydrogens (tertiary/aromatic N) is 2. The van der Waals surface area contributed by atoms with Gasteiger partial charge in [0.25, 0.3) is 0 Å². The maximum Gasteiger partial charge on any atom is 0.108 e. The van der Waals surface area contributed by atoms with Crippen LogP contribution in [0.15, 0.2) is 0 Å². The van der Waals surface area contributed by atoms with E-state index in [1.165, 1.54) is 38.6 Å². The fourth-order valence-corrected chi connectivity index (χ4v) is 3.29. The molecule has 0 aromatic rings. The highest BCUT2D eigenvalue weighted by Crippen LogP contribution is 2.41. The van der Waals surface area contributed by atoms with Crippen molar-refractivity contribution >= 4 is 0 Å². The molecular formula is C14H23N3. The van der Waals surface area contributed by atoms with E-state index in [-0.39, 0.29) is 5.54 Å². The zero-order valence-electron chi connectivity index (χ0n) is 10.8. The van der Waals surface area contributed by atoms with Crippen LogP contribution in [0.3, 0.4) is 0 Å². The molecule has 94 valence electrons. The average molecular weight is 233 g/mol. The molecule has 0 bridgehead atoms. The molecule has 3 aliphatic rings. The highest BCUT2D eigenvalue weighted by atomic mass is 15.2. The molecule has 0 amide bonds. The summed E-state index contributed by atoms with van der Waals surface area (Å²) in [5, 5.41) is 12.6. The minimum absolute atomic E-state index is 0.235. The van der Waals surface area contributed by atoms with E-state index in [1.54, 1.807) is 0 Å². The molecule has 17 heavy (non-hydrogen) atoms. The molecule has 2 unspecified atom stereocenters. The monoisotopic (exact) mass is 233 g/mol. The van der Waals surface area contributed by atoms with Crippen LogP contribution in [-0.2, 0) is 0 Å². The SMILES string of the molecule is CNC1(C#N)CCC(N(CC2CC2)C2CC2)C1. The summed E-state index contributed by atoms with van der Waals surface area (Å²) in [7, 11) is 1.94. The number of nitrogens with one attached hydrogen (secondary N) is 1. The Labute approximate surface area is 104 Å². The predicted octanol–water partition coefficient (Wildman–Crippen LogP) is 1.90. The van der Waals surface area contributed by atoms with E-state index in [2.05, 4.69) is 16.3 Å². The van der Waals surface area contributed by atoms with Crippen molar-refractivity contribution in [3.8, 4) is 6.07 Å². The van der Waals surface area contributed by atoms with Gasteiger partial charge >= 0.3 is 0 Å². The van der Waals surface area contributed by atoms with Crippen molar-refractivity contribution in [2.45, 2.75) is 62.6 Å². The topological polar surface area (TPSA) is 39.1 Å². The molecule has 2 atom stereocenters. The molecule has 0 aromatic carbocycles. The number of hydrogen-bond acceptors (Lipinski definition) is 3. The smallest absolute Gasteiger partial charge is 0.108 e. The molecule has 3 heteroatoms. The minimum Gasteiger partial charge on any atom is -0.302 e. The standard InChI is InChI=1S/C14H23N3/c1-16-14(10-15)7-6-13(8-14)17(12-4-5-12)9-11-2-3-11/h11-13,16H,2-9H2,1H3. The van der Waals surface area contributed by atoms with Gasteiger partial charge in [0, 0.05) is 18.6 Å². The van der Waals surface area contributed by atoms with Crippen LogP contribution in [0.1, 0.15) is 44.9 Å². The van der Waals surface area contributed by atoms with Crippen molar-refractivity contribution in [2.75, 3.05) is 13.6 Å². The molecule has 1 N–H and O–H groups in total. The van der Waals surface area contributed by atoms with Crippen molar-refractivity contribution in [2.24, 2.45) is 5.92 Å². The van der Waals surface area contributed by atoms with E-state index in [0.29, 0.717) is 6.04 Å². The van der Waals surface area contributed by atoms with Crippen molar-refractivity contribution in [1.82, 2.24) is 10.2 Å². The molecule has 3 nitrogen and oxygen atoms in total. The van der Waals surface area contributed by atoms with Gasteiger partial charge < -0.3 is 5.32 Å². The molecule has 3 fully saturated rings. The third-order valence-electron chi connectivity index (χ3n) is 4.83. The summed E-state index contributed by atoms with van der Waals surface area (Å²) in [6.45, 7) is 1.31. The first-order chi connectivity index (χ1) is 8.26. The molecule has 0 radical (unpaired) electrons. The van der Waals surface area contributed by atoms with Crippen molar-refractivity contribution < 1.29 is 0 Å². The maximum atomic E-state index is 9.33. The lowest BCUT2D eigenvalue weighted by atomic mass is 10.00. The van der Waals surface area contributed by atoms with E-state index in [9.17, 15) is 5.26 Å². The molecular weight excluding hydrogens is 210 g/mol. The van der Waals surface area contributed by atoms with Crippen molar-refractivity contribution in [3.63, 3.8) is 0 Å². The summed E-state index contributed by atoms with van der Waals surface area (Å²) in [6.07, 6.45) is 8.92. The number of nitriles is 1. The van der Waals surface area contributed by atoms with Gasteiger partial charge in [0.15, 0.2) is 0 Å². The van der Waals surface area contributed by atoms with Crippen molar-refractivity contribution in [3.05, 3.63) is 0 Å². The third kappa shape index (κ3) is 2.34. The quantitative estimate of drug-likeness (QED) is 0.788. The van der Waals surface area contributed by atoms with E-state index in [4.69, 9.17) is 0 Å². The van der Waals surface area contributed by atoms with Gasteiger partial charge in [-0.05, 0) is 57.9 Å². The summed E-state index contributed by atoms with van der Waals surface area (Å²) in [5.74, 6) is 0.974. The van der Waals surface area contributed by atoms with Crippen LogP contribution in [-0.4, -0.2) is 36.1 Å². The third-order valence-corrected chi connectivity index (χ3v) is 4.83. The van der Waals surface area contributed by atoms with Gasteiger partial charge in [-0.25, -0.2) is 0 Å². The first-order valence-corrected chi connectivity index (χ1v) is 7.12. The van der Waals surface area contributed by atoms with Gasteiger partial charge in [-0.1, -0.05) is 0 Å². The van der Waals surface area contributed by atoms with Crippen LogP contribution in [0.2, 0.25) is 0 Å². The molecule has 0 heterocycles. The molecule has 0 aliphatic heterocycles. The minimum atomic E-state index is -0.235. The van der Waals surface area contributed by atoms with Gasteiger partial charge in [-0.15, -0.1) is 0 Å². The highest BCUT2D eigenvalue weighted by Gasteiger charge is 2.45. The van der Waals surface area contributed by atoms with E-state index >= 15 is 0 Å². The van der Waals surface area contributed by atoms with Crippen LogP contribution >= 0.6 is 0 Å². The lowest BCUT2D eigenvalue weighted by Gasteiger charge is -2.30. The summed E-state index contributed by atoms with van der Waals surface area (Å²) in [4.78, 5) is 2.74. The second kappa shape index (κ2) is 4.26. The van der Waals surface area contributed by atoms with Gasteiger partial charge in [-0.2, -0.15) is 5.26 Å². The van der Waals surface area contributed by atoms with Crippen molar-refractivity contribution in [1.29, 1.82) is 5.26 Å². The van der Waals surface area contributed by atoms with Crippen LogP contribution in [0.25, 0.3) is 0 Å². The van der Waals surface area contributed by atoms with Crippen LogP contribution in [0, 0.1) is 17.2 Å². The number of hydrogen-bond donors (Lipinski definition) is 1. The Morgan fingerprint density at radius 3 is 2.47 bits per heavy atom. The van der Waals surface area contributed by atoms with Gasteiger partial charge in [0.05, 0.1) is 6.07 Å². The van der Waals surface area contributed by atoms with Crippen LogP contribution < -0.4 is 5.32 Å². The van der Waals surface area contributed by atoms with Crippen LogP contribution in [0.5, 0.6) is 0 Å². The Morgan fingerprint density at radius 1 is 1.24 bits per heavy atom. The first-order valence-electron chi connectivity index (χ1n) is 7.12. The van der Waals surface area contributed by atoms with E-state index in [1.807, 2.05) is 7.05 Å². The van der Waals surface area contributed by atoms with Crippen LogP contribution in [0.4, 0.5) is 0 Å². The average Bonchev–Trinajstić information content (AvgIpc) is 3.25. The summed E-state index contributed by atoms with van der Waals surface area (Å²) in [6, 6.07) is 4.02. The largest absolute Gasteiger partial charge is 0.302 e. The Hall–Kier alpha value is -0.590. The zero-order chi connectivity index (χ0) is 11.9. The fourth-order valence-electron chi connectivity index (χ4n) is 3.29. The Bertz CT molecular complexity index is 327. The Kier molecular flexibility index (Phi) is 2.88. The zero-order valence-corrected chi connectivity index (χ0v) is 10.8. The second-order valence-electron chi connectivity index (χ2n) is 6.21. The summed E-state index contributed by atoms with van der Waals surface area (Å²) in [5.41, 5.74) is -0.235. The normalized spacial score (nSPS) is 37.4. The lowest BCUT2D eigenvalue weighted by Crippen LogP contribution is -2.43.